The van der Waals surface area contributed by atoms with Gasteiger partial charge in [-0.15, -0.1) is 5.10 Å². The number of nitrogens with two attached hydrogens (primary N) is 1. The average Bonchev–Trinajstić information content (AvgIpc) is 3.30. The summed E-state index contributed by atoms with van der Waals surface area (Å²) in [6, 6.07) is 4.79. The van der Waals surface area contributed by atoms with E-state index in [1.807, 2.05) is 39.0 Å². The lowest BCUT2D eigenvalue weighted by Gasteiger charge is -2.39. The molecule has 0 saturated carbocycles. The largest absolute Gasteiger partial charge is 0.443 e. The van der Waals surface area contributed by atoms with Crippen LogP contribution in [0.5, 0.6) is 5.88 Å². The number of benzene rings is 1. The van der Waals surface area contributed by atoms with Crippen LogP contribution in [0.1, 0.15) is 61.6 Å². The van der Waals surface area contributed by atoms with E-state index in [0.717, 1.165) is 27.9 Å². The number of aliphatic hydroxyl groups excluding tert-OH is 4. The van der Waals surface area contributed by atoms with Crippen molar-refractivity contribution in [2.75, 3.05) is 13.2 Å². The van der Waals surface area contributed by atoms with Gasteiger partial charge < -0.3 is 46.3 Å². The number of carbonyl (C=O) groups excluding carboxylic acids is 2. The van der Waals surface area contributed by atoms with Crippen molar-refractivity contribution in [3.8, 4) is 5.88 Å². The van der Waals surface area contributed by atoms with E-state index in [9.17, 15) is 30.0 Å². The van der Waals surface area contributed by atoms with Crippen molar-refractivity contribution in [3.63, 3.8) is 0 Å². The summed E-state index contributed by atoms with van der Waals surface area (Å²) < 4.78 is 11.4. The van der Waals surface area contributed by atoms with Gasteiger partial charge in [-0.2, -0.15) is 0 Å². The molecule has 0 aliphatic carbocycles. The Labute approximate surface area is 239 Å². The summed E-state index contributed by atoms with van der Waals surface area (Å²) in [6.45, 7) is 9.39. The third kappa shape index (κ3) is 7.95. The number of hydrogen-bond acceptors (Lipinski definition) is 9. The summed E-state index contributed by atoms with van der Waals surface area (Å²) in [6.07, 6.45) is -6.02. The third-order valence-corrected chi connectivity index (χ3v) is 7.25. The van der Waals surface area contributed by atoms with Gasteiger partial charge in [0.15, 0.2) is 0 Å². The first kappa shape index (κ1) is 32.3. The molecule has 13 heteroatoms. The van der Waals surface area contributed by atoms with Gasteiger partial charge in [0.2, 0.25) is 18.1 Å². The molecule has 1 aromatic heterocycles. The number of ether oxygens (including phenoxy) is 2. The lowest BCUT2D eigenvalue weighted by atomic mass is 9.95. The predicted octanol–water partition coefficient (Wildman–Crippen LogP) is -0.0374. The van der Waals surface area contributed by atoms with Crippen molar-refractivity contribution in [2.24, 2.45) is 11.7 Å². The van der Waals surface area contributed by atoms with Crippen molar-refractivity contribution in [1.82, 2.24) is 20.8 Å². The maximum Gasteiger partial charge on any atom is 0.315 e. The van der Waals surface area contributed by atoms with E-state index >= 15 is 0 Å². The Balaban J connectivity index is 1.69. The van der Waals surface area contributed by atoms with Crippen LogP contribution in [0.25, 0.3) is 0 Å². The zero-order chi connectivity index (χ0) is 30.4. The Bertz CT molecular complexity index is 1180. The van der Waals surface area contributed by atoms with Crippen molar-refractivity contribution < 1.29 is 39.5 Å². The molecule has 13 nitrogen and oxygen atoms in total. The van der Waals surface area contributed by atoms with Crippen LogP contribution in [0.15, 0.2) is 18.2 Å². The van der Waals surface area contributed by atoms with Crippen molar-refractivity contribution in [1.29, 1.82) is 0 Å². The molecule has 0 bridgehead atoms. The first-order valence-corrected chi connectivity index (χ1v) is 13.8. The summed E-state index contributed by atoms with van der Waals surface area (Å²) in [5, 5.41) is 52.7. The van der Waals surface area contributed by atoms with Crippen molar-refractivity contribution in [2.45, 2.75) is 90.1 Å². The Morgan fingerprint density at radius 1 is 1.15 bits per heavy atom. The molecule has 228 valence electrons. The molecule has 1 aliphatic heterocycles. The highest BCUT2D eigenvalue weighted by Crippen LogP contribution is 2.32. The Kier molecular flexibility index (Phi) is 11.1. The van der Waals surface area contributed by atoms with Crippen LogP contribution in [-0.2, 0) is 22.4 Å². The maximum atomic E-state index is 12.2. The van der Waals surface area contributed by atoms with Gasteiger partial charge in [-0.1, -0.05) is 45.9 Å². The SMILES string of the molecule is Cc1cc(CCNC(=O)N[C@H](C(N)=O)C(C)C)ccc1Cc1c(OC2OC(CO)[C@@H](O)C(O)[C@H]2O)n[nH]c1C(C)C. The standard InChI is InChI=1S/C28H43N5O8/c1-13(2)20-18(26(33-32-20)41-27-24(37)23(36)22(35)19(12-34)40-27)11-17-7-6-16(10-15(17)5)8-9-30-28(39)31-21(14(3)4)25(29)38/h6-7,10,13-14,19,21-24,27,34-37H,8-9,11-12H2,1-5H3,(H2,29,38)(H,32,33)(H2,30,31,39)/t19?,21-,22+,23?,24+,27?/m0/s1. The minimum absolute atomic E-state index is 0.0753. The summed E-state index contributed by atoms with van der Waals surface area (Å²) in [7, 11) is 0. The number of nitrogens with zero attached hydrogens (tertiary/aromatic N) is 1. The molecule has 0 radical (unpaired) electrons. The number of aromatic amines is 1. The zero-order valence-electron chi connectivity index (χ0n) is 24.1. The summed E-state index contributed by atoms with van der Waals surface area (Å²) in [5.74, 6) is -0.442. The molecule has 3 rings (SSSR count). The Hall–Kier alpha value is -3.23. The number of primary amides is 1. The van der Waals surface area contributed by atoms with Crippen molar-refractivity contribution in [3.05, 3.63) is 46.1 Å². The van der Waals surface area contributed by atoms with Crippen LogP contribution in [0, 0.1) is 12.8 Å². The average molecular weight is 578 g/mol. The minimum atomic E-state index is -1.56. The fourth-order valence-electron chi connectivity index (χ4n) is 4.76. The second-order valence-corrected chi connectivity index (χ2v) is 11.1. The van der Waals surface area contributed by atoms with E-state index in [2.05, 4.69) is 20.8 Å². The highest BCUT2D eigenvalue weighted by Gasteiger charge is 2.45. The molecular weight excluding hydrogens is 534 g/mol. The number of rotatable bonds is 12. The van der Waals surface area contributed by atoms with Gasteiger partial charge in [0, 0.05) is 24.2 Å². The molecule has 6 atom stereocenters. The van der Waals surface area contributed by atoms with Crippen LogP contribution < -0.4 is 21.1 Å². The van der Waals surface area contributed by atoms with Gasteiger partial charge in [0.05, 0.1) is 6.61 Å². The lowest BCUT2D eigenvalue weighted by molar-refractivity contribution is -0.278. The van der Waals surface area contributed by atoms with Gasteiger partial charge in [0.25, 0.3) is 0 Å². The molecule has 9 N–H and O–H groups in total. The molecule has 2 heterocycles. The fraction of sp³-hybridized carbons (Fsp3) is 0.607. The molecule has 2 aromatic rings. The monoisotopic (exact) mass is 577 g/mol. The summed E-state index contributed by atoms with van der Waals surface area (Å²) >= 11 is 0. The smallest absolute Gasteiger partial charge is 0.315 e. The quantitative estimate of drug-likeness (QED) is 0.170. The van der Waals surface area contributed by atoms with E-state index in [4.69, 9.17) is 15.2 Å². The second-order valence-electron chi connectivity index (χ2n) is 11.1. The highest BCUT2D eigenvalue weighted by molar-refractivity contribution is 5.86. The van der Waals surface area contributed by atoms with E-state index < -0.39 is 55.3 Å². The Morgan fingerprint density at radius 3 is 2.44 bits per heavy atom. The number of carbonyl (C=O) groups is 2. The first-order chi connectivity index (χ1) is 19.3. The molecule has 1 aromatic carbocycles. The molecule has 1 aliphatic rings. The van der Waals surface area contributed by atoms with Gasteiger partial charge in [0.1, 0.15) is 30.5 Å². The molecule has 3 unspecified atom stereocenters. The van der Waals surface area contributed by atoms with E-state index in [0.29, 0.717) is 19.4 Å². The van der Waals surface area contributed by atoms with E-state index in [-0.39, 0.29) is 17.7 Å². The predicted molar refractivity (Wildman–Crippen MR) is 149 cm³/mol. The minimum Gasteiger partial charge on any atom is -0.443 e. The number of urea groups is 1. The zero-order valence-corrected chi connectivity index (χ0v) is 24.1. The molecule has 3 amide bonds. The number of nitrogens with one attached hydrogen (secondary N) is 3. The topological polar surface area (TPSA) is 212 Å². The Morgan fingerprint density at radius 2 is 1.85 bits per heavy atom. The first-order valence-electron chi connectivity index (χ1n) is 13.8. The van der Waals surface area contributed by atoms with Crippen molar-refractivity contribution >= 4 is 11.9 Å². The second kappa shape index (κ2) is 14.1. The van der Waals surface area contributed by atoms with Gasteiger partial charge >= 0.3 is 6.03 Å². The van der Waals surface area contributed by atoms with Crippen LogP contribution in [0.2, 0.25) is 0 Å². The van der Waals surface area contributed by atoms with Gasteiger partial charge in [-0.3, -0.25) is 9.89 Å². The molecule has 41 heavy (non-hydrogen) atoms. The van der Waals surface area contributed by atoms with E-state index in [1.54, 1.807) is 13.8 Å². The van der Waals surface area contributed by atoms with Crippen LogP contribution >= 0.6 is 0 Å². The summed E-state index contributed by atoms with van der Waals surface area (Å²) in [5.41, 5.74) is 9.96. The molecular formula is C28H43N5O8. The number of aliphatic hydroxyl groups is 4. The van der Waals surface area contributed by atoms with Crippen LogP contribution in [0.4, 0.5) is 4.79 Å². The maximum absolute atomic E-state index is 12.2. The molecule has 1 fully saturated rings. The molecule has 1 saturated heterocycles. The van der Waals surface area contributed by atoms with Crippen LogP contribution in [0.3, 0.4) is 0 Å². The summed E-state index contributed by atoms with van der Waals surface area (Å²) in [4.78, 5) is 23.7. The number of H-pyrrole nitrogens is 1. The molecule has 0 spiro atoms. The van der Waals surface area contributed by atoms with Gasteiger partial charge in [-0.25, -0.2) is 4.79 Å². The number of aromatic nitrogens is 2. The third-order valence-electron chi connectivity index (χ3n) is 7.25. The van der Waals surface area contributed by atoms with E-state index in [1.165, 1.54) is 0 Å². The lowest BCUT2D eigenvalue weighted by Crippen LogP contribution is -2.60. The fourth-order valence-corrected chi connectivity index (χ4v) is 4.76. The highest BCUT2D eigenvalue weighted by atomic mass is 16.7. The van der Waals surface area contributed by atoms with Crippen LogP contribution in [-0.4, -0.2) is 92.5 Å². The number of aryl methyl sites for hydroxylation is 1. The number of hydrogen-bond donors (Lipinski definition) is 8. The van der Waals surface area contributed by atoms with Gasteiger partial charge in [-0.05, 0) is 41.9 Å². The number of amides is 3. The normalized spacial score (nSPS) is 23.4.